The zero-order valence-electron chi connectivity index (χ0n) is 10.0. The SMILES string of the molecule is COC(=O)/C(Cl)=N/Nc1ccc(C(C)C)cc1. The van der Waals surface area contributed by atoms with Gasteiger partial charge >= 0.3 is 5.97 Å². The molecule has 0 aliphatic rings. The van der Waals surface area contributed by atoms with Crippen LogP contribution in [0.2, 0.25) is 0 Å². The number of benzene rings is 1. The number of carbonyl (C=O) groups is 1. The Morgan fingerprint density at radius 1 is 1.35 bits per heavy atom. The molecule has 0 heterocycles. The van der Waals surface area contributed by atoms with Gasteiger partial charge in [0, 0.05) is 0 Å². The summed E-state index contributed by atoms with van der Waals surface area (Å²) < 4.78 is 4.41. The highest BCUT2D eigenvalue weighted by atomic mass is 35.5. The molecule has 1 N–H and O–H groups in total. The van der Waals surface area contributed by atoms with Crippen molar-refractivity contribution in [1.82, 2.24) is 0 Å². The van der Waals surface area contributed by atoms with E-state index in [1.54, 1.807) is 0 Å². The van der Waals surface area contributed by atoms with Crippen LogP contribution in [0.1, 0.15) is 25.3 Å². The Morgan fingerprint density at radius 2 is 1.94 bits per heavy atom. The van der Waals surface area contributed by atoms with E-state index >= 15 is 0 Å². The molecule has 0 radical (unpaired) electrons. The number of hydrazone groups is 1. The molecule has 5 heteroatoms. The molecule has 0 saturated heterocycles. The smallest absolute Gasteiger partial charge is 0.370 e. The Morgan fingerprint density at radius 3 is 2.41 bits per heavy atom. The Bertz CT molecular complexity index is 413. The van der Waals surface area contributed by atoms with E-state index in [9.17, 15) is 4.79 Å². The first-order valence-electron chi connectivity index (χ1n) is 5.22. The molecule has 0 aromatic heterocycles. The van der Waals surface area contributed by atoms with Crippen molar-refractivity contribution in [1.29, 1.82) is 0 Å². The Labute approximate surface area is 106 Å². The maximum absolute atomic E-state index is 11.0. The molecule has 0 aliphatic carbocycles. The second-order valence-electron chi connectivity index (χ2n) is 3.78. The molecular formula is C12H15ClN2O2. The number of rotatable bonds is 4. The number of carbonyl (C=O) groups excluding carboxylic acids is 1. The normalized spacial score (nSPS) is 11.5. The van der Waals surface area contributed by atoms with Crippen LogP contribution in [0.5, 0.6) is 0 Å². The highest BCUT2D eigenvalue weighted by Gasteiger charge is 2.07. The number of nitrogens with zero attached hydrogens (tertiary/aromatic N) is 1. The van der Waals surface area contributed by atoms with Crippen molar-refractivity contribution < 1.29 is 9.53 Å². The highest BCUT2D eigenvalue weighted by Crippen LogP contribution is 2.17. The van der Waals surface area contributed by atoms with E-state index in [0.717, 1.165) is 5.69 Å². The number of ether oxygens (including phenoxy) is 1. The van der Waals surface area contributed by atoms with E-state index in [1.807, 2.05) is 24.3 Å². The molecule has 1 aromatic carbocycles. The predicted octanol–water partition coefficient (Wildman–Crippen LogP) is 2.95. The van der Waals surface area contributed by atoms with Gasteiger partial charge in [-0.1, -0.05) is 37.6 Å². The molecule has 0 atom stereocenters. The summed E-state index contributed by atoms with van der Waals surface area (Å²) in [5.41, 5.74) is 4.68. The fourth-order valence-corrected chi connectivity index (χ4v) is 1.31. The number of hydrogen-bond donors (Lipinski definition) is 1. The molecule has 1 aromatic rings. The average Bonchev–Trinajstić information content (AvgIpc) is 2.35. The van der Waals surface area contributed by atoms with E-state index < -0.39 is 5.97 Å². The van der Waals surface area contributed by atoms with Crippen molar-refractivity contribution in [2.75, 3.05) is 12.5 Å². The van der Waals surface area contributed by atoms with Crippen LogP contribution in [0.3, 0.4) is 0 Å². The lowest BCUT2D eigenvalue weighted by molar-refractivity contribution is -0.132. The van der Waals surface area contributed by atoms with E-state index in [2.05, 4.69) is 29.1 Å². The molecule has 17 heavy (non-hydrogen) atoms. The molecule has 0 bridgehead atoms. The van der Waals surface area contributed by atoms with Crippen molar-refractivity contribution in [3.63, 3.8) is 0 Å². The fraction of sp³-hybridized carbons (Fsp3) is 0.333. The van der Waals surface area contributed by atoms with Crippen LogP contribution in [0.4, 0.5) is 5.69 Å². The largest absolute Gasteiger partial charge is 0.464 e. The van der Waals surface area contributed by atoms with Crippen LogP contribution in [0.25, 0.3) is 0 Å². The molecule has 0 saturated carbocycles. The third-order valence-corrected chi connectivity index (χ3v) is 2.45. The Kier molecular flexibility index (Phi) is 4.97. The van der Waals surface area contributed by atoms with Crippen LogP contribution in [-0.4, -0.2) is 18.2 Å². The third kappa shape index (κ3) is 4.07. The number of methoxy groups -OCH3 is 1. The van der Waals surface area contributed by atoms with E-state index in [1.165, 1.54) is 12.7 Å². The molecular weight excluding hydrogens is 240 g/mol. The number of esters is 1. The summed E-state index contributed by atoms with van der Waals surface area (Å²) >= 11 is 5.58. The van der Waals surface area contributed by atoms with Crippen molar-refractivity contribution in [2.24, 2.45) is 5.10 Å². The van der Waals surface area contributed by atoms with Crippen molar-refractivity contribution in [2.45, 2.75) is 19.8 Å². The number of halogens is 1. The maximum Gasteiger partial charge on any atom is 0.370 e. The van der Waals surface area contributed by atoms with Gasteiger partial charge in [0.1, 0.15) is 0 Å². The predicted molar refractivity (Wildman–Crippen MR) is 69.5 cm³/mol. The molecule has 0 spiro atoms. The molecule has 0 unspecified atom stereocenters. The third-order valence-electron chi connectivity index (χ3n) is 2.21. The van der Waals surface area contributed by atoms with E-state index in [4.69, 9.17) is 11.6 Å². The van der Waals surface area contributed by atoms with Gasteiger partial charge in [-0.3, -0.25) is 5.43 Å². The molecule has 0 aliphatic heterocycles. The van der Waals surface area contributed by atoms with Crippen molar-refractivity contribution >= 4 is 28.4 Å². The summed E-state index contributed by atoms with van der Waals surface area (Å²) in [5, 5.41) is 3.46. The van der Waals surface area contributed by atoms with E-state index in [0.29, 0.717) is 5.92 Å². The van der Waals surface area contributed by atoms with Gasteiger partial charge < -0.3 is 4.74 Å². The van der Waals surface area contributed by atoms with Gasteiger partial charge in [-0.25, -0.2) is 4.79 Å². The van der Waals surface area contributed by atoms with Crippen LogP contribution < -0.4 is 5.43 Å². The number of hydrogen-bond acceptors (Lipinski definition) is 4. The monoisotopic (exact) mass is 254 g/mol. The zero-order chi connectivity index (χ0) is 12.8. The van der Waals surface area contributed by atoms with E-state index in [-0.39, 0.29) is 5.17 Å². The fourth-order valence-electron chi connectivity index (χ4n) is 1.19. The van der Waals surface area contributed by atoms with Gasteiger partial charge in [-0.15, -0.1) is 0 Å². The standard InChI is InChI=1S/C12H15ClN2O2/c1-8(2)9-4-6-10(7-5-9)14-15-11(13)12(16)17-3/h4-8,14H,1-3H3/b15-11-. The van der Waals surface area contributed by atoms with Gasteiger partial charge in [0.15, 0.2) is 0 Å². The summed E-state index contributed by atoms with van der Waals surface area (Å²) in [4.78, 5) is 11.0. The Balaban J connectivity index is 2.67. The lowest BCUT2D eigenvalue weighted by Gasteiger charge is -2.06. The van der Waals surface area contributed by atoms with Crippen LogP contribution >= 0.6 is 11.6 Å². The molecule has 0 fully saturated rings. The van der Waals surface area contributed by atoms with Gasteiger partial charge in [0.05, 0.1) is 12.8 Å². The molecule has 1 rings (SSSR count). The first-order valence-corrected chi connectivity index (χ1v) is 5.60. The average molecular weight is 255 g/mol. The zero-order valence-corrected chi connectivity index (χ0v) is 10.8. The van der Waals surface area contributed by atoms with Crippen LogP contribution in [0.15, 0.2) is 29.4 Å². The molecule has 92 valence electrons. The number of nitrogens with one attached hydrogen (secondary N) is 1. The quantitative estimate of drug-likeness (QED) is 0.511. The van der Waals surface area contributed by atoms with Crippen molar-refractivity contribution in [3.05, 3.63) is 29.8 Å². The van der Waals surface area contributed by atoms with Gasteiger partial charge in [0.25, 0.3) is 0 Å². The minimum atomic E-state index is -0.669. The minimum absolute atomic E-state index is 0.236. The van der Waals surface area contributed by atoms with Crippen LogP contribution in [-0.2, 0) is 9.53 Å². The second-order valence-corrected chi connectivity index (χ2v) is 4.14. The maximum atomic E-state index is 11.0. The van der Waals surface area contributed by atoms with Crippen molar-refractivity contribution in [3.8, 4) is 0 Å². The molecule has 4 nitrogen and oxygen atoms in total. The topological polar surface area (TPSA) is 50.7 Å². The number of anilines is 1. The lowest BCUT2D eigenvalue weighted by Crippen LogP contribution is -2.11. The van der Waals surface area contributed by atoms with Gasteiger partial charge in [-0.2, -0.15) is 5.10 Å². The summed E-state index contributed by atoms with van der Waals surface area (Å²) in [7, 11) is 1.25. The van der Waals surface area contributed by atoms with Gasteiger partial charge in [0.2, 0.25) is 5.17 Å². The highest BCUT2D eigenvalue weighted by molar-refractivity contribution is 6.82. The van der Waals surface area contributed by atoms with Gasteiger partial charge in [-0.05, 0) is 23.6 Å². The first kappa shape index (κ1) is 13.5. The first-order chi connectivity index (χ1) is 8.04. The summed E-state index contributed by atoms with van der Waals surface area (Å²) in [6.45, 7) is 4.24. The van der Waals surface area contributed by atoms with Crippen LogP contribution in [0, 0.1) is 0 Å². The summed E-state index contributed by atoms with van der Waals surface area (Å²) in [6, 6.07) is 7.74. The summed E-state index contributed by atoms with van der Waals surface area (Å²) in [6.07, 6.45) is 0. The summed E-state index contributed by atoms with van der Waals surface area (Å²) in [5.74, 6) is -0.191. The molecule has 0 amide bonds. The second kappa shape index (κ2) is 6.25. The lowest BCUT2D eigenvalue weighted by atomic mass is 10.0. The Hall–Kier alpha value is -1.55. The minimum Gasteiger partial charge on any atom is -0.464 e.